The number of methoxy groups -OCH3 is 1. The Morgan fingerprint density at radius 3 is 2.54 bits per heavy atom. The van der Waals surface area contributed by atoms with Crippen molar-refractivity contribution in [1.29, 1.82) is 0 Å². The molecule has 1 atom stereocenters. The Morgan fingerprint density at radius 2 is 1.86 bits per heavy atom. The van der Waals surface area contributed by atoms with Crippen LogP contribution in [0.25, 0.3) is 0 Å². The van der Waals surface area contributed by atoms with Gasteiger partial charge in [-0.1, -0.05) is 18.2 Å². The van der Waals surface area contributed by atoms with Crippen molar-refractivity contribution >= 4 is 23.5 Å². The largest absolute Gasteiger partial charge is 0.496 e. The van der Waals surface area contributed by atoms with E-state index in [-0.39, 0.29) is 6.42 Å². The molecule has 0 radical (unpaired) electrons. The van der Waals surface area contributed by atoms with Gasteiger partial charge in [0.25, 0.3) is 5.91 Å². The summed E-state index contributed by atoms with van der Waals surface area (Å²) in [5, 5.41) is 5.19. The Balaban J connectivity index is 1.70. The summed E-state index contributed by atoms with van der Waals surface area (Å²) in [6.07, 6.45) is 0.220. The molecule has 2 aromatic carbocycles. The SMILES string of the molecule is COc1ccccc1C[C@]1(C)NC(=O)N(CC(=O)Nc2ccc(F)cc2)C1=O. The van der Waals surface area contributed by atoms with Gasteiger partial charge in [-0.2, -0.15) is 0 Å². The zero-order chi connectivity index (χ0) is 20.3. The summed E-state index contributed by atoms with van der Waals surface area (Å²) in [5.41, 5.74) is -0.0593. The summed E-state index contributed by atoms with van der Waals surface area (Å²) >= 11 is 0. The molecule has 1 saturated heterocycles. The van der Waals surface area contributed by atoms with Crippen LogP contribution in [0, 0.1) is 5.82 Å². The summed E-state index contributed by atoms with van der Waals surface area (Å²) in [4.78, 5) is 38.2. The Kier molecular flexibility index (Phi) is 5.30. The second-order valence-corrected chi connectivity index (χ2v) is 6.70. The van der Waals surface area contributed by atoms with Crippen molar-refractivity contribution in [3.63, 3.8) is 0 Å². The normalized spacial score (nSPS) is 18.8. The summed E-state index contributed by atoms with van der Waals surface area (Å²) in [7, 11) is 1.53. The molecule has 0 aliphatic carbocycles. The average Bonchev–Trinajstić information content (AvgIpc) is 2.87. The molecule has 3 rings (SSSR count). The van der Waals surface area contributed by atoms with Crippen molar-refractivity contribution in [3.8, 4) is 5.75 Å². The molecule has 0 saturated carbocycles. The van der Waals surface area contributed by atoms with Gasteiger partial charge in [-0.3, -0.25) is 14.5 Å². The highest BCUT2D eigenvalue weighted by Gasteiger charge is 2.48. The quantitative estimate of drug-likeness (QED) is 0.747. The van der Waals surface area contributed by atoms with E-state index in [9.17, 15) is 18.8 Å². The van der Waals surface area contributed by atoms with Crippen molar-refractivity contribution < 1.29 is 23.5 Å². The Hall–Kier alpha value is -3.42. The van der Waals surface area contributed by atoms with Crippen LogP contribution in [-0.4, -0.2) is 41.9 Å². The molecular formula is C20H20FN3O4. The Labute approximate surface area is 161 Å². The van der Waals surface area contributed by atoms with Crippen LogP contribution in [0.4, 0.5) is 14.9 Å². The fourth-order valence-electron chi connectivity index (χ4n) is 3.12. The van der Waals surface area contributed by atoms with Crippen molar-refractivity contribution in [2.75, 3.05) is 19.0 Å². The smallest absolute Gasteiger partial charge is 0.325 e. The number of nitrogens with one attached hydrogen (secondary N) is 2. The summed E-state index contributed by atoms with van der Waals surface area (Å²) in [5.74, 6) is -0.883. The third-order valence-corrected chi connectivity index (χ3v) is 4.51. The van der Waals surface area contributed by atoms with Crippen molar-refractivity contribution in [2.45, 2.75) is 18.9 Å². The number of rotatable bonds is 6. The first-order valence-electron chi connectivity index (χ1n) is 8.64. The number of para-hydroxylation sites is 1. The molecule has 7 nitrogen and oxygen atoms in total. The molecular weight excluding hydrogens is 365 g/mol. The second kappa shape index (κ2) is 7.67. The maximum absolute atomic E-state index is 12.9. The van der Waals surface area contributed by atoms with Gasteiger partial charge >= 0.3 is 6.03 Å². The Bertz CT molecular complexity index is 916. The van der Waals surface area contributed by atoms with Crippen LogP contribution in [0.3, 0.4) is 0 Å². The molecule has 1 aliphatic rings. The number of carbonyl (C=O) groups excluding carboxylic acids is 3. The van der Waals surface area contributed by atoms with E-state index >= 15 is 0 Å². The number of ether oxygens (including phenoxy) is 1. The van der Waals surface area contributed by atoms with Gasteiger partial charge in [-0.05, 0) is 42.8 Å². The molecule has 1 heterocycles. The number of carbonyl (C=O) groups is 3. The lowest BCUT2D eigenvalue weighted by atomic mass is 9.92. The fourth-order valence-corrected chi connectivity index (χ4v) is 3.12. The van der Waals surface area contributed by atoms with E-state index in [1.165, 1.54) is 31.4 Å². The molecule has 28 heavy (non-hydrogen) atoms. The van der Waals surface area contributed by atoms with Gasteiger partial charge in [-0.25, -0.2) is 9.18 Å². The first-order chi connectivity index (χ1) is 13.3. The number of nitrogens with zero attached hydrogens (tertiary/aromatic N) is 1. The maximum atomic E-state index is 12.9. The molecule has 146 valence electrons. The maximum Gasteiger partial charge on any atom is 0.325 e. The van der Waals surface area contributed by atoms with Gasteiger partial charge in [0.15, 0.2) is 0 Å². The van der Waals surface area contributed by atoms with Crippen LogP contribution in [0.5, 0.6) is 5.75 Å². The highest BCUT2D eigenvalue weighted by Crippen LogP contribution is 2.27. The van der Waals surface area contributed by atoms with E-state index in [0.717, 1.165) is 10.5 Å². The summed E-state index contributed by atoms with van der Waals surface area (Å²) < 4.78 is 18.2. The molecule has 4 amide bonds. The predicted molar refractivity (Wildman–Crippen MR) is 100 cm³/mol. The number of urea groups is 1. The van der Waals surface area contributed by atoms with E-state index in [4.69, 9.17) is 4.74 Å². The minimum absolute atomic E-state index is 0.220. The predicted octanol–water partition coefficient (Wildman–Crippen LogP) is 2.33. The second-order valence-electron chi connectivity index (χ2n) is 6.70. The van der Waals surface area contributed by atoms with Crippen LogP contribution in [0.15, 0.2) is 48.5 Å². The molecule has 1 aliphatic heterocycles. The third-order valence-electron chi connectivity index (χ3n) is 4.51. The third kappa shape index (κ3) is 3.95. The minimum atomic E-state index is -1.19. The van der Waals surface area contributed by atoms with E-state index in [1.54, 1.807) is 13.0 Å². The van der Waals surface area contributed by atoms with Crippen molar-refractivity contribution in [2.24, 2.45) is 0 Å². The van der Waals surface area contributed by atoms with Crippen LogP contribution in [0.2, 0.25) is 0 Å². The van der Waals surface area contributed by atoms with Crippen LogP contribution in [0.1, 0.15) is 12.5 Å². The molecule has 0 spiro atoms. The minimum Gasteiger partial charge on any atom is -0.496 e. The van der Waals surface area contributed by atoms with Gasteiger partial charge in [0.1, 0.15) is 23.7 Å². The molecule has 0 bridgehead atoms. The van der Waals surface area contributed by atoms with Gasteiger partial charge in [-0.15, -0.1) is 0 Å². The van der Waals surface area contributed by atoms with E-state index in [1.807, 2.05) is 18.2 Å². The number of anilines is 1. The highest BCUT2D eigenvalue weighted by atomic mass is 19.1. The topological polar surface area (TPSA) is 87.7 Å². The number of benzene rings is 2. The fraction of sp³-hybridized carbons (Fsp3) is 0.250. The zero-order valence-corrected chi connectivity index (χ0v) is 15.5. The first kappa shape index (κ1) is 19.3. The zero-order valence-electron chi connectivity index (χ0n) is 15.5. The van der Waals surface area contributed by atoms with Crippen molar-refractivity contribution in [3.05, 3.63) is 59.9 Å². The number of halogens is 1. The van der Waals surface area contributed by atoms with Gasteiger partial charge < -0.3 is 15.4 Å². The molecule has 8 heteroatoms. The van der Waals surface area contributed by atoms with Gasteiger partial charge in [0.2, 0.25) is 5.91 Å². The monoisotopic (exact) mass is 385 g/mol. The number of imide groups is 1. The molecule has 0 unspecified atom stereocenters. The first-order valence-corrected chi connectivity index (χ1v) is 8.64. The molecule has 2 aromatic rings. The summed E-state index contributed by atoms with van der Waals surface area (Å²) in [6.45, 7) is 1.17. The number of amides is 4. The average molecular weight is 385 g/mol. The molecule has 1 fully saturated rings. The van der Waals surface area contributed by atoms with Crippen LogP contribution < -0.4 is 15.4 Å². The lowest BCUT2D eigenvalue weighted by Crippen LogP contribution is -2.46. The standard InChI is InChI=1S/C20H20FN3O4/c1-20(11-13-5-3-4-6-16(13)28-2)18(26)24(19(27)23-20)12-17(25)22-15-9-7-14(21)8-10-15/h3-10H,11-12H2,1-2H3,(H,22,25)(H,23,27)/t20-/m0/s1. The highest BCUT2D eigenvalue weighted by molar-refractivity contribution is 6.10. The molecule has 2 N–H and O–H groups in total. The van der Waals surface area contributed by atoms with E-state index < -0.39 is 35.7 Å². The molecule has 0 aromatic heterocycles. The van der Waals surface area contributed by atoms with Gasteiger partial charge in [0.05, 0.1) is 7.11 Å². The van der Waals surface area contributed by atoms with Crippen molar-refractivity contribution in [1.82, 2.24) is 10.2 Å². The lowest BCUT2D eigenvalue weighted by molar-refractivity contribution is -0.133. The van der Waals surface area contributed by atoms with Crippen LogP contribution >= 0.6 is 0 Å². The lowest BCUT2D eigenvalue weighted by Gasteiger charge is -2.22. The summed E-state index contributed by atoms with van der Waals surface area (Å²) in [6, 6.07) is 11.8. The number of hydrogen-bond donors (Lipinski definition) is 2. The van der Waals surface area contributed by atoms with E-state index in [0.29, 0.717) is 11.4 Å². The van der Waals surface area contributed by atoms with Gasteiger partial charge in [0, 0.05) is 12.1 Å². The van der Waals surface area contributed by atoms with E-state index in [2.05, 4.69) is 10.6 Å². The van der Waals surface area contributed by atoms with Crippen LogP contribution in [-0.2, 0) is 16.0 Å². The number of hydrogen-bond acceptors (Lipinski definition) is 4. The Morgan fingerprint density at radius 1 is 1.18 bits per heavy atom.